The molecule has 4 saturated carbocycles. The summed E-state index contributed by atoms with van der Waals surface area (Å²) in [5.41, 5.74) is 16.7. The number of ketones is 1. The van der Waals surface area contributed by atoms with Gasteiger partial charge in [0.25, 0.3) is 17.7 Å². The molecule has 0 radical (unpaired) electrons. The Kier molecular flexibility index (Phi) is 28.5. The number of halogens is 4. The predicted molar refractivity (Wildman–Crippen MR) is 531 cm³/mol. The highest BCUT2D eigenvalue weighted by Gasteiger charge is 2.37. The van der Waals surface area contributed by atoms with Gasteiger partial charge in [-0.25, -0.2) is 27.5 Å². The minimum atomic E-state index is -0.924. The zero-order valence-corrected chi connectivity index (χ0v) is 78.8. The summed E-state index contributed by atoms with van der Waals surface area (Å²) in [6.07, 6.45) is 13.5. The first-order valence-electron chi connectivity index (χ1n) is 47.8. The number of carboxylic acids is 4. The second-order valence-corrected chi connectivity index (χ2v) is 37.9. The summed E-state index contributed by atoms with van der Waals surface area (Å²) >= 11 is 0. The fourth-order valence-corrected chi connectivity index (χ4v) is 22.6. The van der Waals surface area contributed by atoms with E-state index >= 15 is 0 Å². The third kappa shape index (κ3) is 20.5. The molecular weight excluding hydrogens is 1770 g/mol. The molecule has 22 nitrogen and oxygen atoms in total. The van der Waals surface area contributed by atoms with Crippen molar-refractivity contribution in [2.75, 3.05) is 14.1 Å². The molecule has 0 bridgehead atoms. The van der Waals surface area contributed by atoms with E-state index in [4.69, 9.17) is 0 Å². The van der Waals surface area contributed by atoms with Gasteiger partial charge in [0.15, 0.2) is 0 Å². The summed E-state index contributed by atoms with van der Waals surface area (Å²) in [6.45, 7) is 9.12. The van der Waals surface area contributed by atoms with Gasteiger partial charge < -0.3 is 53.8 Å². The largest absolute Gasteiger partial charge is 0.480 e. The zero-order valence-electron chi connectivity index (χ0n) is 78.8. The molecule has 4 aliphatic carbocycles. The molecule has 0 atom stereocenters. The van der Waals surface area contributed by atoms with Crippen LogP contribution in [-0.4, -0.2) is 143 Å². The molecule has 0 aliphatic heterocycles. The molecule has 7 aromatic heterocycles. The molecule has 20 rings (SSSR count). The second-order valence-electron chi connectivity index (χ2n) is 37.9. The van der Waals surface area contributed by atoms with E-state index in [9.17, 15) is 76.3 Å². The number of hydrogen-bond acceptors (Lipinski definition) is 11. The van der Waals surface area contributed by atoms with Crippen LogP contribution in [0.4, 0.5) is 17.6 Å². The zero-order chi connectivity index (χ0) is 97.9. The molecule has 139 heavy (non-hydrogen) atoms. The van der Waals surface area contributed by atoms with Gasteiger partial charge in [-0.15, -0.1) is 0 Å². The molecule has 9 aromatic carbocycles. The average Bonchev–Trinajstić information content (AvgIpc) is 1.62. The van der Waals surface area contributed by atoms with Crippen molar-refractivity contribution in [2.24, 2.45) is 5.92 Å². The van der Waals surface area contributed by atoms with Crippen molar-refractivity contribution < 1.29 is 76.3 Å². The van der Waals surface area contributed by atoms with Crippen molar-refractivity contribution in [3.63, 3.8) is 0 Å². The molecule has 0 saturated heterocycles. The highest BCUT2D eigenvalue weighted by atomic mass is 19.1. The van der Waals surface area contributed by atoms with Crippen LogP contribution in [-0.2, 0) is 56.6 Å². The van der Waals surface area contributed by atoms with Gasteiger partial charge in [-0.05, 0) is 315 Å². The topological polar surface area (TPSA) is 294 Å². The number of carbonyl (C=O) groups is 8. The highest BCUT2D eigenvalue weighted by Crippen LogP contribution is 2.47. The van der Waals surface area contributed by atoms with Gasteiger partial charge in [0.1, 0.15) is 66.6 Å². The van der Waals surface area contributed by atoms with Crippen molar-refractivity contribution in [3.05, 3.63) is 315 Å². The monoisotopic (exact) mass is 1880 g/mol. The van der Waals surface area contributed by atoms with E-state index in [0.29, 0.717) is 23.4 Å². The minimum Gasteiger partial charge on any atom is -0.480 e. The van der Waals surface area contributed by atoms with Crippen LogP contribution in [0.25, 0.3) is 87.1 Å². The number of Topliss-reactive ketones (excluding diaryl/α,β-unsaturated/α-hetero) is 1. The molecule has 26 heteroatoms. The average molecular weight is 1880 g/mol. The number of carboxylic acid groups (broad SMARTS) is 4. The predicted octanol–water partition coefficient (Wildman–Crippen LogP) is 22.9. The van der Waals surface area contributed by atoms with E-state index in [0.717, 1.165) is 246 Å². The Morgan fingerprint density at radius 1 is 0.345 bits per heavy atom. The minimum absolute atomic E-state index is 0.00562. The highest BCUT2D eigenvalue weighted by molar-refractivity contribution is 6.08. The molecule has 16 aromatic rings. The first-order chi connectivity index (χ1) is 66.9. The summed E-state index contributed by atoms with van der Waals surface area (Å²) in [7, 11) is 3.67. The quantitative estimate of drug-likeness (QED) is 0.0418. The van der Waals surface area contributed by atoms with Crippen LogP contribution in [0.1, 0.15) is 214 Å². The number of fused-ring (bicyclic) bond motifs is 8. The number of nitrogens with zero attached hydrogens (tertiary/aromatic N) is 9. The van der Waals surface area contributed by atoms with Crippen molar-refractivity contribution in [2.45, 2.75) is 212 Å². The summed E-state index contributed by atoms with van der Waals surface area (Å²) in [4.78, 5) is 116. The lowest BCUT2D eigenvalue weighted by atomic mass is 9.76. The number of aliphatic carboxylic acids is 4. The molecule has 7 heterocycles. The number of para-hydroxylation sites is 3. The fourth-order valence-electron chi connectivity index (χ4n) is 22.6. The maximum absolute atomic E-state index is 14.1. The number of carbonyl (C=O) groups excluding carboxylic acids is 4. The third-order valence-corrected chi connectivity index (χ3v) is 29.5. The molecular formula is C113H112F4N10O12. The Morgan fingerprint density at radius 2 is 0.669 bits per heavy atom. The lowest BCUT2D eigenvalue weighted by Crippen LogP contribution is -2.39. The number of benzene rings is 9. The Balaban J connectivity index is 0.000000128. The van der Waals surface area contributed by atoms with E-state index in [1.165, 1.54) is 48.5 Å². The van der Waals surface area contributed by atoms with Gasteiger partial charge in [0, 0.05) is 138 Å². The molecule has 0 unspecified atom stereocenters. The van der Waals surface area contributed by atoms with Crippen LogP contribution < -0.4 is 5.32 Å². The Labute approximate surface area is 801 Å². The van der Waals surface area contributed by atoms with E-state index in [2.05, 4.69) is 20.3 Å². The van der Waals surface area contributed by atoms with E-state index < -0.39 is 23.9 Å². The van der Waals surface area contributed by atoms with Crippen LogP contribution >= 0.6 is 0 Å². The number of pyridine rings is 3. The second kappa shape index (κ2) is 41.3. The SMILES string of the molecule is Cc1c(C2CCC(C(=O)Cc3ccc4ccccc4n3)CC2)c2cc(F)ccc2n1CC(=O)O.Cc1c(C2CCC(N(C)C(=O)c3ccc4ccccc4n3)CC2)c2cc(F)ccc2n1CC(=O)O.Cc1c(C2CCC(N(C)C(=O)c3ccc4ccccc4n3)CC2)c2cc(F)ccc2n1CC(=O)O.Cc1cccc2c(C(=O)NC3CCC(c4c(C)n(CC(=O)O)c5ccc(F)cc45)CC3)cccc12. The van der Waals surface area contributed by atoms with Gasteiger partial charge in [-0.2, -0.15) is 0 Å². The van der Waals surface area contributed by atoms with Crippen LogP contribution in [0.5, 0.6) is 0 Å². The first-order valence-corrected chi connectivity index (χ1v) is 47.8. The van der Waals surface area contributed by atoms with E-state index in [-0.39, 0.29) is 121 Å². The maximum atomic E-state index is 14.1. The molecule has 4 aliphatic rings. The summed E-state index contributed by atoms with van der Waals surface area (Å²) < 4.78 is 63.5. The van der Waals surface area contributed by atoms with Gasteiger partial charge in [0.2, 0.25) is 0 Å². The number of hydrogen-bond donors (Lipinski definition) is 5. The number of aromatic nitrogens is 7. The molecule has 0 spiro atoms. The molecule has 5 N–H and O–H groups in total. The van der Waals surface area contributed by atoms with Crippen LogP contribution in [0.2, 0.25) is 0 Å². The Bertz CT molecular complexity index is 7250. The lowest BCUT2D eigenvalue weighted by Gasteiger charge is -2.35. The number of amides is 3. The van der Waals surface area contributed by atoms with Gasteiger partial charge in [-0.3, -0.25) is 43.3 Å². The van der Waals surface area contributed by atoms with E-state index in [1.807, 2.05) is 182 Å². The van der Waals surface area contributed by atoms with Crippen molar-refractivity contribution in [1.29, 1.82) is 0 Å². The number of nitrogens with one attached hydrogen (secondary N) is 1. The summed E-state index contributed by atoms with van der Waals surface area (Å²) in [5.74, 6) is -4.25. The number of rotatable bonds is 21. The maximum Gasteiger partial charge on any atom is 0.323 e. The Hall–Kier alpha value is -14.7. The number of aryl methyl sites for hydroxylation is 1. The van der Waals surface area contributed by atoms with Crippen LogP contribution in [0.15, 0.2) is 218 Å². The fraction of sp³-hybridized carbons (Fsp3) is 0.319. The van der Waals surface area contributed by atoms with Gasteiger partial charge in [-0.1, -0.05) is 103 Å². The van der Waals surface area contributed by atoms with Crippen LogP contribution in [0, 0.1) is 63.8 Å². The van der Waals surface area contributed by atoms with Crippen molar-refractivity contribution >= 4 is 134 Å². The third-order valence-electron chi connectivity index (χ3n) is 29.5. The molecule has 3 amide bonds. The summed E-state index contributed by atoms with van der Waals surface area (Å²) in [6, 6.07) is 65.1. The van der Waals surface area contributed by atoms with Gasteiger partial charge >= 0.3 is 23.9 Å². The van der Waals surface area contributed by atoms with E-state index in [1.54, 1.807) is 64.5 Å². The Morgan fingerprint density at radius 3 is 1.04 bits per heavy atom. The van der Waals surface area contributed by atoms with Crippen molar-refractivity contribution in [1.82, 2.24) is 48.3 Å². The smallest absolute Gasteiger partial charge is 0.323 e. The molecule has 714 valence electrons. The summed E-state index contributed by atoms with van der Waals surface area (Å²) in [5, 5.41) is 49.0. The lowest BCUT2D eigenvalue weighted by molar-refractivity contribution is -0.138. The normalized spacial score (nSPS) is 18.2. The van der Waals surface area contributed by atoms with Gasteiger partial charge in [0.05, 0.1) is 16.6 Å². The van der Waals surface area contributed by atoms with Crippen molar-refractivity contribution in [3.8, 4) is 0 Å². The standard InChI is InChI=1S/C29H29FN2O3.2C28H28FN3O3.C28H27FN2O3/c1-17-5-3-7-23-22(17)6-4-8-24(23)29(35)31-21-12-9-19(10-13-21)28-18(2)32(16-27(33)34)26-14-11-20(30)15-25(26)28;2*1-17-27(22-15-20(29)10-14-25(22)32(17)16-26(33)34)19-7-11-21(12-8-19)31(2)28(35)24-13-9-18-5-3-4-6-23(18)30-24;1-17-28(23-14-21(29)11-13-25(23)31(17)16-27(33)34)20-8-6-19(7-9-20)26(32)15-22-12-10-18-4-2-3-5-24(18)30-22/h3-8,11,14-15,19,21H,9-10,12-13,16H2,1-2H3,(H,31,35)(H,33,34);2*3-6,9-10,13-15,19,21H,7-8,11-12,16H2,1-2H3,(H,33,34);2-5,10-14,19-20H,6-9,15-16H2,1H3,(H,33,34). The molecule has 4 fully saturated rings. The van der Waals surface area contributed by atoms with Crippen LogP contribution in [0.3, 0.4) is 0 Å². The first kappa shape index (κ1) is 96.0.